The van der Waals surface area contributed by atoms with E-state index in [9.17, 15) is 4.79 Å². The molecule has 1 heterocycles. The van der Waals surface area contributed by atoms with Crippen molar-refractivity contribution in [1.82, 2.24) is 15.0 Å². The van der Waals surface area contributed by atoms with Gasteiger partial charge >= 0.3 is 0 Å². The Kier molecular flexibility index (Phi) is 3.11. The van der Waals surface area contributed by atoms with Gasteiger partial charge < -0.3 is 0 Å². The number of nitrogens with zero attached hydrogens (tertiary/aromatic N) is 3. The maximum absolute atomic E-state index is 11.3. The molecule has 1 aromatic carbocycles. The Bertz CT molecular complexity index is 569. The van der Waals surface area contributed by atoms with E-state index in [-0.39, 0.29) is 5.78 Å². The molecule has 2 aromatic rings. The van der Waals surface area contributed by atoms with E-state index in [0.717, 1.165) is 21.4 Å². The van der Waals surface area contributed by atoms with Gasteiger partial charge in [0.25, 0.3) is 0 Å². The van der Waals surface area contributed by atoms with Crippen molar-refractivity contribution in [3.8, 4) is 5.69 Å². The monoisotopic (exact) mass is 293 g/mol. The lowest BCUT2D eigenvalue weighted by Crippen LogP contribution is -2.01. The summed E-state index contributed by atoms with van der Waals surface area (Å²) in [5, 5.41) is 7.91. The molecule has 0 fully saturated rings. The van der Waals surface area contributed by atoms with Gasteiger partial charge in [0.2, 0.25) is 0 Å². The summed E-state index contributed by atoms with van der Waals surface area (Å²) in [6.45, 7) is 5.34. The average Bonchev–Trinajstić information content (AvgIpc) is 2.58. The summed E-state index contributed by atoms with van der Waals surface area (Å²) in [4.78, 5) is 11.3. The van der Waals surface area contributed by atoms with Crippen LogP contribution in [0, 0.1) is 13.8 Å². The van der Waals surface area contributed by atoms with Crippen molar-refractivity contribution in [2.45, 2.75) is 20.8 Å². The number of aromatic nitrogens is 3. The molecule has 0 spiro atoms. The maximum atomic E-state index is 11.3. The van der Waals surface area contributed by atoms with Crippen LogP contribution in [0.1, 0.15) is 28.7 Å². The first-order chi connectivity index (χ1) is 7.99. The van der Waals surface area contributed by atoms with E-state index >= 15 is 0 Å². The van der Waals surface area contributed by atoms with Gasteiger partial charge in [-0.3, -0.25) is 4.79 Å². The average molecular weight is 294 g/mol. The summed E-state index contributed by atoms with van der Waals surface area (Å²) < 4.78 is 2.65. The van der Waals surface area contributed by atoms with E-state index in [1.165, 1.54) is 6.92 Å². The lowest BCUT2D eigenvalue weighted by atomic mass is 10.2. The van der Waals surface area contributed by atoms with Gasteiger partial charge in [0.1, 0.15) is 0 Å². The zero-order chi connectivity index (χ0) is 12.6. The van der Waals surface area contributed by atoms with Crippen LogP contribution in [0.3, 0.4) is 0 Å². The first kappa shape index (κ1) is 12.0. The molecule has 0 radical (unpaired) electrons. The molecule has 0 unspecified atom stereocenters. The van der Waals surface area contributed by atoms with Gasteiger partial charge in [0, 0.05) is 11.4 Å². The first-order valence-electron chi connectivity index (χ1n) is 5.20. The number of Topliss-reactive ketones (excluding diaryl/α,β-unsaturated/α-hetero) is 1. The number of hydrogen-bond acceptors (Lipinski definition) is 3. The van der Waals surface area contributed by atoms with E-state index in [1.807, 2.05) is 32.0 Å². The van der Waals surface area contributed by atoms with Crippen LogP contribution >= 0.6 is 15.9 Å². The van der Waals surface area contributed by atoms with Crippen LogP contribution < -0.4 is 0 Å². The molecule has 17 heavy (non-hydrogen) atoms. The summed E-state index contributed by atoms with van der Waals surface area (Å²) in [7, 11) is 0. The molecule has 0 saturated carbocycles. The third kappa shape index (κ3) is 2.29. The van der Waals surface area contributed by atoms with Gasteiger partial charge in [0.15, 0.2) is 11.5 Å². The van der Waals surface area contributed by atoms with Crippen LogP contribution in [0.15, 0.2) is 22.7 Å². The Morgan fingerprint density at radius 3 is 2.53 bits per heavy atom. The highest BCUT2D eigenvalue weighted by Gasteiger charge is 2.13. The molecule has 0 aliphatic heterocycles. The summed E-state index contributed by atoms with van der Waals surface area (Å²) in [6.07, 6.45) is 0. The molecule has 5 heteroatoms. The molecule has 88 valence electrons. The number of hydrogen-bond donors (Lipinski definition) is 0. The molecule has 0 atom stereocenters. The van der Waals surface area contributed by atoms with Crippen LogP contribution in [0.2, 0.25) is 0 Å². The zero-order valence-electron chi connectivity index (χ0n) is 9.86. The number of aryl methyl sites for hydroxylation is 1. The van der Waals surface area contributed by atoms with E-state index in [4.69, 9.17) is 0 Å². The molecular weight excluding hydrogens is 282 g/mol. The topological polar surface area (TPSA) is 47.8 Å². The van der Waals surface area contributed by atoms with Gasteiger partial charge in [0.05, 0.1) is 11.4 Å². The summed E-state index contributed by atoms with van der Waals surface area (Å²) in [5.41, 5.74) is 3.20. The van der Waals surface area contributed by atoms with Gasteiger partial charge in [-0.05, 0) is 37.6 Å². The fraction of sp³-hybridized carbons (Fsp3) is 0.250. The van der Waals surface area contributed by atoms with Crippen LogP contribution in [-0.4, -0.2) is 20.8 Å². The third-order valence-electron chi connectivity index (χ3n) is 2.50. The smallest absolute Gasteiger partial charge is 0.181 e. The van der Waals surface area contributed by atoms with Crippen LogP contribution in [0.25, 0.3) is 5.69 Å². The zero-order valence-corrected chi connectivity index (χ0v) is 11.4. The Morgan fingerprint density at radius 2 is 2.00 bits per heavy atom. The van der Waals surface area contributed by atoms with E-state index in [0.29, 0.717) is 5.69 Å². The molecule has 0 N–H and O–H groups in total. The summed E-state index contributed by atoms with van der Waals surface area (Å²) in [6, 6.07) is 5.95. The summed E-state index contributed by atoms with van der Waals surface area (Å²) >= 11 is 3.44. The predicted octanol–water partition coefficient (Wildman–Crippen LogP) is 2.85. The molecule has 0 aliphatic carbocycles. The minimum atomic E-state index is -0.0690. The second-order valence-electron chi connectivity index (χ2n) is 3.98. The van der Waals surface area contributed by atoms with Gasteiger partial charge in [-0.15, -0.1) is 5.10 Å². The molecule has 0 saturated heterocycles. The van der Waals surface area contributed by atoms with Crippen molar-refractivity contribution >= 4 is 21.7 Å². The highest BCUT2D eigenvalue weighted by atomic mass is 79.9. The molecule has 1 aromatic heterocycles. The molecule has 0 bridgehead atoms. The highest BCUT2D eigenvalue weighted by molar-refractivity contribution is 9.10. The van der Waals surface area contributed by atoms with Crippen molar-refractivity contribution in [2.24, 2.45) is 0 Å². The quantitative estimate of drug-likeness (QED) is 0.800. The SMILES string of the molecule is CC(=O)c1nnn(-c2cc(C)cc(Br)c2)c1C. The number of halogens is 1. The van der Waals surface area contributed by atoms with Crippen molar-refractivity contribution < 1.29 is 4.79 Å². The third-order valence-corrected chi connectivity index (χ3v) is 2.96. The van der Waals surface area contributed by atoms with Gasteiger partial charge in [-0.1, -0.05) is 21.1 Å². The minimum Gasteiger partial charge on any atom is -0.293 e. The van der Waals surface area contributed by atoms with Gasteiger partial charge in [-0.2, -0.15) is 0 Å². The normalized spacial score (nSPS) is 10.6. The number of carbonyl (C=O) groups excluding carboxylic acids is 1. The van der Waals surface area contributed by atoms with Crippen LogP contribution in [0.4, 0.5) is 0 Å². The Balaban J connectivity index is 2.57. The molecule has 0 amide bonds. The van der Waals surface area contributed by atoms with Crippen molar-refractivity contribution in [1.29, 1.82) is 0 Å². The van der Waals surface area contributed by atoms with E-state index < -0.39 is 0 Å². The molecule has 2 rings (SSSR count). The highest BCUT2D eigenvalue weighted by Crippen LogP contribution is 2.19. The number of benzene rings is 1. The predicted molar refractivity (Wildman–Crippen MR) is 68.5 cm³/mol. The number of rotatable bonds is 2. The van der Waals surface area contributed by atoms with Crippen LogP contribution in [0.5, 0.6) is 0 Å². The minimum absolute atomic E-state index is 0.0690. The van der Waals surface area contributed by atoms with Crippen LogP contribution in [-0.2, 0) is 0 Å². The second-order valence-corrected chi connectivity index (χ2v) is 4.89. The first-order valence-corrected chi connectivity index (χ1v) is 5.99. The van der Waals surface area contributed by atoms with Crippen molar-refractivity contribution in [3.05, 3.63) is 39.6 Å². The standard InChI is InChI=1S/C12H12BrN3O/c1-7-4-10(13)6-11(5-7)16-8(2)12(9(3)17)14-15-16/h4-6H,1-3H3. The Hall–Kier alpha value is -1.49. The summed E-state index contributed by atoms with van der Waals surface area (Å²) in [5.74, 6) is -0.0690. The second kappa shape index (κ2) is 4.41. The fourth-order valence-electron chi connectivity index (χ4n) is 1.74. The number of ketones is 1. The van der Waals surface area contributed by atoms with Crippen molar-refractivity contribution in [3.63, 3.8) is 0 Å². The lowest BCUT2D eigenvalue weighted by Gasteiger charge is -2.05. The number of carbonyl (C=O) groups is 1. The molecular formula is C12H12BrN3O. The fourth-order valence-corrected chi connectivity index (χ4v) is 2.33. The van der Waals surface area contributed by atoms with Crippen molar-refractivity contribution in [2.75, 3.05) is 0 Å². The molecule has 4 nitrogen and oxygen atoms in total. The maximum Gasteiger partial charge on any atom is 0.181 e. The lowest BCUT2D eigenvalue weighted by molar-refractivity contribution is 0.101. The Labute approximate surface area is 108 Å². The Morgan fingerprint density at radius 1 is 1.29 bits per heavy atom. The largest absolute Gasteiger partial charge is 0.293 e. The van der Waals surface area contributed by atoms with E-state index in [1.54, 1.807) is 4.68 Å². The van der Waals surface area contributed by atoms with Gasteiger partial charge in [-0.25, -0.2) is 4.68 Å². The molecule has 0 aliphatic rings. The van der Waals surface area contributed by atoms with E-state index in [2.05, 4.69) is 26.2 Å².